The lowest BCUT2D eigenvalue weighted by atomic mass is 9.83. The molecule has 0 saturated heterocycles. The summed E-state index contributed by atoms with van der Waals surface area (Å²) in [6.45, 7) is 13.4. The normalized spacial score (nSPS) is 12.8. The van der Waals surface area contributed by atoms with Gasteiger partial charge < -0.3 is 4.42 Å². The number of aromatic nitrogens is 2. The van der Waals surface area contributed by atoms with Crippen LogP contribution in [0.4, 0.5) is 0 Å². The fourth-order valence-corrected chi connectivity index (χ4v) is 7.46. The van der Waals surface area contributed by atoms with E-state index in [4.69, 9.17) is 14.4 Å². The van der Waals surface area contributed by atoms with Gasteiger partial charge in [0.1, 0.15) is 12.1 Å². The van der Waals surface area contributed by atoms with Crippen LogP contribution in [0, 0.1) is 12.8 Å². The van der Waals surface area contributed by atoms with E-state index >= 15 is 0 Å². The molecule has 4 aromatic heterocycles. The Balaban J connectivity index is 1.65. The van der Waals surface area contributed by atoms with E-state index in [1.807, 2.05) is 29.6 Å². The number of aryl methyl sites for hydroxylation is 1. The largest absolute Gasteiger partial charge is 0.460 e. The molecule has 4 heterocycles. The smallest absolute Gasteiger partial charge is 0.153 e. The highest BCUT2D eigenvalue weighted by Crippen LogP contribution is 2.45. The molecule has 34 heavy (non-hydrogen) atoms. The van der Waals surface area contributed by atoms with Crippen molar-refractivity contribution in [3.8, 4) is 11.3 Å². The summed E-state index contributed by atoms with van der Waals surface area (Å²) in [6.07, 6.45) is 2.80. The molecule has 0 N–H and O–H groups in total. The number of furan rings is 1. The lowest BCUT2D eigenvalue weighted by Gasteiger charge is -2.21. The molecule has 0 radical (unpaired) electrons. The van der Waals surface area contributed by atoms with Crippen molar-refractivity contribution in [2.24, 2.45) is 5.92 Å². The molecule has 6 rings (SSSR count). The number of benzene rings is 2. The summed E-state index contributed by atoms with van der Waals surface area (Å²) in [6, 6.07) is 13.4. The molecule has 5 heteroatoms. The third-order valence-corrected chi connectivity index (χ3v) is 8.78. The Morgan fingerprint density at radius 3 is 2.56 bits per heavy atom. The Labute approximate surface area is 207 Å². The topological polar surface area (TPSA) is 38.9 Å². The van der Waals surface area contributed by atoms with Crippen molar-refractivity contribution in [2.45, 2.75) is 53.4 Å². The van der Waals surface area contributed by atoms with Crippen LogP contribution in [0.25, 0.3) is 51.9 Å². The van der Waals surface area contributed by atoms with Gasteiger partial charge in [0.25, 0.3) is 0 Å². The van der Waals surface area contributed by atoms with Crippen LogP contribution in [0.15, 0.2) is 47.1 Å². The van der Waals surface area contributed by atoms with Gasteiger partial charge in [0, 0.05) is 25.7 Å². The van der Waals surface area contributed by atoms with E-state index in [1.54, 1.807) is 6.33 Å². The first-order chi connectivity index (χ1) is 16.2. The summed E-state index contributed by atoms with van der Waals surface area (Å²) in [5.74, 6) is 1.57. The summed E-state index contributed by atoms with van der Waals surface area (Å²) >= 11 is 3.65. The molecule has 0 bridgehead atoms. The fourth-order valence-electron chi connectivity index (χ4n) is 4.98. The minimum atomic E-state index is -0.0281. The molecule has 6 aromatic rings. The van der Waals surface area contributed by atoms with Crippen LogP contribution in [0.5, 0.6) is 0 Å². The molecule has 0 unspecified atom stereocenters. The quantitative estimate of drug-likeness (QED) is 0.251. The van der Waals surface area contributed by atoms with Gasteiger partial charge in [0.2, 0.25) is 0 Å². The van der Waals surface area contributed by atoms with Crippen molar-refractivity contribution in [1.82, 2.24) is 9.97 Å². The van der Waals surface area contributed by atoms with Gasteiger partial charge in [-0.3, -0.25) is 0 Å². The Morgan fingerprint density at radius 1 is 0.971 bits per heavy atom. The summed E-state index contributed by atoms with van der Waals surface area (Å²) < 4.78 is 11.1. The molecule has 0 saturated carbocycles. The third-order valence-electron chi connectivity index (χ3n) is 6.44. The summed E-state index contributed by atoms with van der Waals surface area (Å²) in [7, 11) is 0. The van der Waals surface area contributed by atoms with E-state index in [0.717, 1.165) is 34.5 Å². The summed E-state index contributed by atoms with van der Waals surface area (Å²) in [4.78, 5) is 9.56. The highest BCUT2D eigenvalue weighted by atomic mass is 32.1. The van der Waals surface area contributed by atoms with Gasteiger partial charge in [-0.1, -0.05) is 52.8 Å². The van der Waals surface area contributed by atoms with E-state index in [1.165, 1.54) is 40.7 Å². The van der Waals surface area contributed by atoms with Crippen LogP contribution < -0.4 is 0 Å². The molecule has 2 aromatic carbocycles. The van der Waals surface area contributed by atoms with E-state index < -0.39 is 0 Å². The van der Waals surface area contributed by atoms with Crippen LogP contribution in [0.1, 0.15) is 51.5 Å². The molecule has 0 aliphatic carbocycles. The highest BCUT2D eigenvalue weighted by molar-refractivity contribution is 7.26. The molecular formula is C29H28N2OS2. The van der Waals surface area contributed by atoms with Crippen molar-refractivity contribution in [1.29, 1.82) is 0 Å². The monoisotopic (exact) mass is 484 g/mol. The number of rotatable bonds is 3. The van der Waals surface area contributed by atoms with Gasteiger partial charge in [-0.2, -0.15) is 0 Å². The van der Waals surface area contributed by atoms with Gasteiger partial charge in [-0.15, -0.1) is 22.7 Å². The lowest BCUT2D eigenvalue weighted by molar-refractivity contribution is 0.575. The summed E-state index contributed by atoms with van der Waals surface area (Å²) in [5.41, 5.74) is 6.93. The van der Waals surface area contributed by atoms with Crippen molar-refractivity contribution in [2.75, 3.05) is 0 Å². The van der Waals surface area contributed by atoms with Crippen LogP contribution in [-0.2, 0) is 11.8 Å². The van der Waals surface area contributed by atoms with Crippen LogP contribution >= 0.6 is 22.7 Å². The maximum absolute atomic E-state index is 6.14. The van der Waals surface area contributed by atoms with E-state index in [-0.39, 0.29) is 5.41 Å². The first-order valence-corrected chi connectivity index (χ1v) is 13.5. The molecular weight excluding hydrogens is 456 g/mol. The van der Waals surface area contributed by atoms with Gasteiger partial charge in [-0.05, 0) is 54.0 Å². The maximum atomic E-state index is 6.14. The molecule has 0 aliphatic heterocycles. The van der Waals surface area contributed by atoms with Gasteiger partial charge in [0.05, 0.1) is 20.6 Å². The SMILES string of the molecule is Cc1cc2sc3cc(-c4ncnc5c4sc4c(CC(C)C)cccc45)cc(C(C)(C)C)c3c2o1. The Kier molecular flexibility index (Phi) is 4.88. The average molecular weight is 485 g/mol. The predicted octanol–water partition coefficient (Wildman–Crippen LogP) is 9.28. The number of thiophene rings is 2. The molecule has 0 fully saturated rings. The standard InChI is InChI=1S/C29H28N2OS2/c1-15(2)10-17-8-7-9-19-25-28(34-27(17)19)24(30-14-31-25)18-12-20(29(4,5)6)23-21(13-18)33-22-11-16(3)32-26(22)23/h7-9,11-15H,10H2,1-6H3. The molecule has 3 nitrogen and oxygen atoms in total. The second-order valence-electron chi connectivity index (χ2n) is 10.7. The fraction of sp³-hybridized carbons (Fsp3) is 0.310. The zero-order valence-corrected chi connectivity index (χ0v) is 22.1. The van der Waals surface area contributed by atoms with Crippen molar-refractivity contribution < 1.29 is 4.42 Å². The number of hydrogen-bond acceptors (Lipinski definition) is 5. The third kappa shape index (κ3) is 3.37. The van der Waals surface area contributed by atoms with E-state index in [0.29, 0.717) is 5.92 Å². The van der Waals surface area contributed by atoms with Gasteiger partial charge in [-0.25, -0.2) is 9.97 Å². The van der Waals surface area contributed by atoms with Crippen molar-refractivity contribution in [3.05, 3.63) is 59.6 Å². The highest BCUT2D eigenvalue weighted by Gasteiger charge is 2.24. The minimum absolute atomic E-state index is 0.0281. The van der Waals surface area contributed by atoms with E-state index in [9.17, 15) is 0 Å². The maximum Gasteiger partial charge on any atom is 0.153 e. The van der Waals surface area contributed by atoms with Crippen molar-refractivity contribution >= 4 is 63.3 Å². The second-order valence-corrected chi connectivity index (χ2v) is 12.8. The number of hydrogen-bond donors (Lipinski definition) is 0. The zero-order valence-electron chi connectivity index (χ0n) is 20.4. The number of fused-ring (bicyclic) bond motifs is 6. The Morgan fingerprint density at radius 2 is 1.79 bits per heavy atom. The second kappa shape index (κ2) is 7.62. The first-order valence-electron chi connectivity index (χ1n) is 11.8. The molecule has 0 aliphatic rings. The molecule has 172 valence electrons. The van der Waals surface area contributed by atoms with Crippen molar-refractivity contribution in [3.63, 3.8) is 0 Å². The first kappa shape index (κ1) is 21.8. The van der Waals surface area contributed by atoms with Gasteiger partial charge in [0.15, 0.2) is 5.58 Å². The van der Waals surface area contributed by atoms with Crippen LogP contribution in [0.2, 0.25) is 0 Å². The molecule has 0 amide bonds. The predicted molar refractivity (Wildman–Crippen MR) is 147 cm³/mol. The molecule has 0 spiro atoms. The van der Waals surface area contributed by atoms with Crippen LogP contribution in [-0.4, -0.2) is 9.97 Å². The average Bonchev–Trinajstić information content (AvgIpc) is 3.42. The van der Waals surface area contributed by atoms with Gasteiger partial charge >= 0.3 is 0 Å². The Bertz CT molecular complexity index is 1710. The van der Waals surface area contributed by atoms with E-state index in [2.05, 4.69) is 71.0 Å². The lowest BCUT2D eigenvalue weighted by Crippen LogP contribution is -2.11. The summed E-state index contributed by atoms with van der Waals surface area (Å²) in [5, 5.41) is 2.48. The molecule has 0 atom stereocenters. The van der Waals surface area contributed by atoms with Crippen LogP contribution in [0.3, 0.4) is 0 Å². The Hall–Kier alpha value is -2.76. The minimum Gasteiger partial charge on any atom is -0.460 e. The number of nitrogens with zero attached hydrogens (tertiary/aromatic N) is 2. The zero-order chi connectivity index (χ0) is 23.8.